The Morgan fingerprint density at radius 1 is 1.40 bits per heavy atom. The van der Waals surface area contributed by atoms with Crippen molar-refractivity contribution in [3.63, 3.8) is 0 Å². The van der Waals surface area contributed by atoms with E-state index in [2.05, 4.69) is 19.1 Å². The first-order chi connectivity index (χ1) is 7.24. The third-order valence-electron chi connectivity index (χ3n) is 2.12. The SMILES string of the molecule is CCC=CCCc1cccc([N+](=O)[O-])c1. The van der Waals surface area contributed by atoms with Crippen molar-refractivity contribution < 1.29 is 4.92 Å². The molecule has 0 aliphatic carbocycles. The molecule has 0 aromatic heterocycles. The summed E-state index contributed by atoms with van der Waals surface area (Å²) in [6.45, 7) is 2.09. The zero-order valence-corrected chi connectivity index (χ0v) is 8.85. The maximum absolute atomic E-state index is 10.5. The lowest BCUT2D eigenvalue weighted by Crippen LogP contribution is -1.90. The van der Waals surface area contributed by atoms with Gasteiger partial charge in [0.25, 0.3) is 5.69 Å². The second-order valence-corrected chi connectivity index (χ2v) is 3.35. The van der Waals surface area contributed by atoms with Crippen LogP contribution in [0.3, 0.4) is 0 Å². The van der Waals surface area contributed by atoms with Gasteiger partial charge in [-0.3, -0.25) is 10.1 Å². The van der Waals surface area contributed by atoms with E-state index in [-0.39, 0.29) is 10.6 Å². The quantitative estimate of drug-likeness (QED) is 0.419. The fourth-order valence-electron chi connectivity index (χ4n) is 1.36. The Morgan fingerprint density at radius 2 is 2.20 bits per heavy atom. The van der Waals surface area contributed by atoms with Crippen LogP contribution in [0.4, 0.5) is 5.69 Å². The predicted octanol–water partition coefficient (Wildman–Crippen LogP) is 3.49. The van der Waals surface area contributed by atoms with Gasteiger partial charge in [-0.1, -0.05) is 31.2 Å². The molecule has 0 saturated heterocycles. The molecule has 0 aliphatic heterocycles. The minimum Gasteiger partial charge on any atom is -0.258 e. The summed E-state index contributed by atoms with van der Waals surface area (Å²) in [4.78, 5) is 10.2. The molecule has 15 heavy (non-hydrogen) atoms. The average Bonchev–Trinajstić information content (AvgIpc) is 2.25. The van der Waals surface area contributed by atoms with E-state index in [4.69, 9.17) is 0 Å². The van der Waals surface area contributed by atoms with Gasteiger partial charge >= 0.3 is 0 Å². The number of allylic oxidation sites excluding steroid dienone is 2. The molecule has 1 rings (SSSR count). The van der Waals surface area contributed by atoms with Crippen LogP contribution in [0.5, 0.6) is 0 Å². The van der Waals surface area contributed by atoms with E-state index in [1.165, 1.54) is 6.07 Å². The van der Waals surface area contributed by atoms with Crippen molar-refractivity contribution in [3.8, 4) is 0 Å². The number of nitro benzene ring substituents is 1. The smallest absolute Gasteiger partial charge is 0.258 e. The summed E-state index contributed by atoms with van der Waals surface area (Å²) in [5, 5.41) is 10.5. The molecule has 0 radical (unpaired) electrons. The minimum atomic E-state index is -0.356. The molecule has 0 saturated carbocycles. The fourth-order valence-corrected chi connectivity index (χ4v) is 1.36. The summed E-state index contributed by atoms with van der Waals surface area (Å²) in [5.74, 6) is 0. The zero-order valence-electron chi connectivity index (χ0n) is 8.85. The van der Waals surface area contributed by atoms with Gasteiger partial charge in [-0.25, -0.2) is 0 Å². The molecule has 3 nitrogen and oxygen atoms in total. The van der Waals surface area contributed by atoms with Crippen LogP contribution in [-0.4, -0.2) is 4.92 Å². The molecule has 3 heteroatoms. The minimum absolute atomic E-state index is 0.173. The molecule has 80 valence electrons. The van der Waals surface area contributed by atoms with Gasteiger partial charge in [0.15, 0.2) is 0 Å². The van der Waals surface area contributed by atoms with E-state index in [1.807, 2.05) is 6.07 Å². The van der Waals surface area contributed by atoms with Crippen LogP contribution in [-0.2, 0) is 6.42 Å². The molecule has 1 aromatic carbocycles. The Hall–Kier alpha value is -1.64. The maximum Gasteiger partial charge on any atom is 0.269 e. The van der Waals surface area contributed by atoms with Crippen molar-refractivity contribution in [2.45, 2.75) is 26.2 Å². The Kier molecular flexibility index (Phi) is 4.54. The van der Waals surface area contributed by atoms with Crippen molar-refractivity contribution in [2.24, 2.45) is 0 Å². The van der Waals surface area contributed by atoms with Crippen LogP contribution in [0.1, 0.15) is 25.3 Å². The maximum atomic E-state index is 10.5. The normalized spacial score (nSPS) is 10.7. The highest BCUT2D eigenvalue weighted by Crippen LogP contribution is 2.14. The largest absolute Gasteiger partial charge is 0.269 e. The number of aryl methyl sites for hydroxylation is 1. The van der Waals surface area contributed by atoms with E-state index < -0.39 is 0 Å². The first-order valence-corrected chi connectivity index (χ1v) is 5.12. The van der Waals surface area contributed by atoms with Gasteiger partial charge in [0.05, 0.1) is 4.92 Å². The van der Waals surface area contributed by atoms with Crippen LogP contribution in [0.15, 0.2) is 36.4 Å². The molecule has 0 heterocycles. The summed E-state index contributed by atoms with van der Waals surface area (Å²) in [6, 6.07) is 6.81. The van der Waals surface area contributed by atoms with Crippen LogP contribution in [0.2, 0.25) is 0 Å². The number of nitro groups is 1. The Labute approximate surface area is 89.6 Å². The van der Waals surface area contributed by atoms with Crippen LogP contribution >= 0.6 is 0 Å². The molecule has 0 bridgehead atoms. The van der Waals surface area contributed by atoms with E-state index in [0.717, 1.165) is 24.8 Å². The van der Waals surface area contributed by atoms with Gasteiger partial charge in [-0.2, -0.15) is 0 Å². The van der Waals surface area contributed by atoms with Crippen LogP contribution < -0.4 is 0 Å². The molecule has 0 aliphatic rings. The summed E-state index contributed by atoms with van der Waals surface area (Å²) in [7, 11) is 0. The number of hydrogen-bond acceptors (Lipinski definition) is 2. The van der Waals surface area contributed by atoms with Gasteiger partial charge in [-0.05, 0) is 24.8 Å². The zero-order chi connectivity index (χ0) is 11.1. The molecule has 0 atom stereocenters. The molecular weight excluding hydrogens is 190 g/mol. The highest BCUT2D eigenvalue weighted by molar-refractivity contribution is 5.34. The summed E-state index contributed by atoms with van der Waals surface area (Å²) < 4.78 is 0. The Morgan fingerprint density at radius 3 is 2.87 bits per heavy atom. The Balaban J connectivity index is 2.58. The lowest BCUT2D eigenvalue weighted by molar-refractivity contribution is -0.384. The number of rotatable bonds is 5. The first kappa shape index (κ1) is 11.4. The van der Waals surface area contributed by atoms with Crippen molar-refractivity contribution in [2.75, 3.05) is 0 Å². The molecule has 0 N–H and O–H groups in total. The number of hydrogen-bond donors (Lipinski definition) is 0. The van der Waals surface area contributed by atoms with Crippen LogP contribution in [0, 0.1) is 10.1 Å². The highest BCUT2D eigenvalue weighted by Gasteiger charge is 2.04. The topological polar surface area (TPSA) is 43.1 Å². The molecule has 1 aromatic rings. The van der Waals surface area contributed by atoms with Gasteiger partial charge in [0.2, 0.25) is 0 Å². The van der Waals surface area contributed by atoms with E-state index >= 15 is 0 Å². The standard InChI is InChI=1S/C12H15NO2/c1-2-3-4-5-7-11-8-6-9-12(10-11)13(14)15/h3-4,6,8-10H,2,5,7H2,1H3. The van der Waals surface area contributed by atoms with E-state index in [9.17, 15) is 10.1 Å². The summed E-state index contributed by atoms with van der Waals surface area (Å²) in [6.07, 6.45) is 7.05. The lowest BCUT2D eigenvalue weighted by Gasteiger charge is -1.97. The van der Waals surface area contributed by atoms with Crippen molar-refractivity contribution >= 4 is 5.69 Å². The van der Waals surface area contributed by atoms with E-state index in [1.54, 1.807) is 12.1 Å². The highest BCUT2D eigenvalue weighted by atomic mass is 16.6. The Bertz CT molecular complexity index is 358. The predicted molar refractivity (Wildman–Crippen MR) is 60.8 cm³/mol. The van der Waals surface area contributed by atoms with Gasteiger partial charge in [0, 0.05) is 12.1 Å². The number of non-ortho nitro benzene ring substituents is 1. The van der Waals surface area contributed by atoms with Crippen molar-refractivity contribution in [3.05, 3.63) is 52.1 Å². The average molecular weight is 205 g/mol. The lowest BCUT2D eigenvalue weighted by atomic mass is 10.1. The fraction of sp³-hybridized carbons (Fsp3) is 0.333. The van der Waals surface area contributed by atoms with Crippen molar-refractivity contribution in [1.29, 1.82) is 0 Å². The molecular formula is C12H15NO2. The van der Waals surface area contributed by atoms with Gasteiger partial charge in [0.1, 0.15) is 0 Å². The van der Waals surface area contributed by atoms with Crippen LogP contribution in [0.25, 0.3) is 0 Å². The van der Waals surface area contributed by atoms with Gasteiger partial charge < -0.3 is 0 Å². The second-order valence-electron chi connectivity index (χ2n) is 3.35. The third kappa shape index (κ3) is 3.94. The second kappa shape index (κ2) is 5.96. The third-order valence-corrected chi connectivity index (χ3v) is 2.12. The molecule has 0 unspecified atom stereocenters. The molecule has 0 fully saturated rings. The summed E-state index contributed by atoms with van der Waals surface area (Å²) in [5.41, 5.74) is 1.19. The van der Waals surface area contributed by atoms with E-state index in [0.29, 0.717) is 0 Å². The van der Waals surface area contributed by atoms with Gasteiger partial charge in [-0.15, -0.1) is 0 Å². The molecule has 0 amide bonds. The number of benzene rings is 1. The number of nitrogens with zero attached hydrogens (tertiary/aromatic N) is 1. The monoisotopic (exact) mass is 205 g/mol. The van der Waals surface area contributed by atoms with Crippen molar-refractivity contribution in [1.82, 2.24) is 0 Å². The molecule has 0 spiro atoms. The summed E-state index contributed by atoms with van der Waals surface area (Å²) >= 11 is 0. The first-order valence-electron chi connectivity index (χ1n) is 5.12.